The van der Waals surface area contributed by atoms with Gasteiger partial charge in [0.15, 0.2) is 5.82 Å². The number of halogens is 6. The predicted octanol–water partition coefficient (Wildman–Crippen LogP) is 5.97. The first-order valence-electron chi connectivity index (χ1n) is 15.4. The minimum Gasteiger partial charge on any atom is -0.472 e. The van der Waals surface area contributed by atoms with E-state index in [0.717, 1.165) is 18.6 Å². The van der Waals surface area contributed by atoms with Crippen LogP contribution in [0.15, 0.2) is 18.2 Å². The number of ether oxygens (including phenoxy) is 3. The molecule has 0 bridgehead atoms. The van der Waals surface area contributed by atoms with Crippen molar-refractivity contribution in [3.63, 3.8) is 0 Å². The van der Waals surface area contributed by atoms with Crippen molar-refractivity contribution in [2.24, 2.45) is 0 Å². The Balaban J connectivity index is 1.41. The molecule has 3 N–H and O–H groups in total. The molecule has 3 aliphatic rings. The smallest absolute Gasteiger partial charge is 0.417 e. The van der Waals surface area contributed by atoms with Gasteiger partial charge in [0.05, 0.1) is 33.4 Å². The average molecular weight is 693 g/mol. The van der Waals surface area contributed by atoms with Gasteiger partial charge in [-0.3, -0.25) is 4.90 Å². The fourth-order valence-electron chi connectivity index (χ4n) is 7.34. The highest BCUT2D eigenvalue weighted by atomic mass is 32.1. The summed E-state index contributed by atoms with van der Waals surface area (Å²) in [6.07, 6.45) is -4.54. The number of aromatic nitrogens is 2. The predicted molar refractivity (Wildman–Crippen MR) is 166 cm³/mol. The van der Waals surface area contributed by atoms with Gasteiger partial charge in [0.25, 0.3) is 0 Å². The summed E-state index contributed by atoms with van der Waals surface area (Å²) >= 11 is 0.679. The van der Waals surface area contributed by atoms with Crippen molar-refractivity contribution in [1.29, 1.82) is 5.26 Å². The fourth-order valence-corrected chi connectivity index (χ4v) is 8.28. The Bertz CT molecular complexity index is 1950. The summed E-state index contributed by atoms with van der Waals surface area (Å²) in [5.74, 6) is -2.55. The number of nitrogens with one attached hydrogen (secondary N) is 1. The molecule has 3 saturated heterocycles. The zero-order valence-electron chi connectivity index (χ0n) is 25.6. The SMILES string of the molecule is COC[C@H]1C[C@@H](Oc2nc(OC[C@@]34CCCN3C[C@H](F)C4)nc3c(F)c(-c4ccc(F)c5sc(N)c(C#N)c45)c(C(F)(F)F)cc23)CN1. The Morgan fingerprint density at radius 3 is 2.81 bits per heavy atom. The standard InChI is InChI=1S/C32H30F6N6O3S/c1-45-13-16-7-17(11-41-16)47-29-19-8-21(32(36,37)38)24(18-3-4-22(34)27-23(18)20(10-39)28(40)48-27)25(35)26(19)42-30(43-29)46-14-31-5-2-6-44(31)12-15(33)9-31/h3-4,8,15-17,41H,2,5-7,9,11-14,40H2,1H3/t15-,16-,17-,31+/m1/s1. The molecule has 4 aromatic rings. The summed E-state index contributed by atoms with van der Waals surface area (Å²) in [6, 6.07) is 3.95. The first-order valence-corrected chi connectivity index (χ1v) is 16.2. The fraction of sp³-hybridized carbons (Fsp3) is 0.469. The number of nitrogens with two attached hydrogens (primary N) is 1. The molecular formula is C32H30F6N6O3S. The maximum atomic E-state index is 16.9. The molecule has 5 heterocycles. The van der Waals surface area contributed by atoms with E-state index in [0.29, 0.717) is 49.9 Å². The number of rotatable bonds is 8. The zero-order chi connectivity index (χ0) is 34.0. The lowest BCUT2D eigenvalue weighted by molar-refractivity contribution is -0.137. The molecule has 2 aromatic carbocycles. The molecular weight excluding hydrogens is 662 g/mol. The van der Waals surface area contributed by atoms with Crippen molar-refractivity contribution in [3.05, 3.63) is 41.0 Å². The summed E-state index contributed by atoms with van der Waals surface area (Å²) in [7, 11) is 1.54. The van der Waals surface area contributed by atoms with E-state index in [1.807, 2.05) is 11.0 Å². The Labute approximate surface area is 274 Å². The van der Waals surface area contributed by atoms with Crippen molar-refractivity contribution in [1.82, 2.24) is 20.2 Å². The summed E-state index contributed by atoms with van der Waals surface area (Å²) in [5.41, 5.74) is 1.79. The number of fused-ring (bicyclic) bond motifs is 3. The molecule has 0 unspecified atom stereocenters. The molecule has 0 spiro atoms. The molecule has 0 radical (unpaired) electrons. The van der Waals surface area contributed by atoms with Crippen LogP contribution < -0.4 is 20.5 Å². The number of nitrogens with zero attached hydrogens (tertiary/aromatic N) is 4. The van der Waals surface area contributed by atoms with Gasteiger partial charge in [-0.25, -0.2) is 13.2 Å². The van der Waals surface area contributed by atoms with E-state index in [-0.39, 0.29) is 69.1 Å². The van der Waals surface area contributed by atoms with E-state index in [9.17, 15) is 27.2 Å². The molecule has 0 aliphatic carbocycles. The minimum absolute atomic E-state index is 0.0212. The van der Waals surface area contributed by atoms with Crippen LogP contribution in [0.2, 0.25) is 0 Å². The Morgan fingerprint density at radius 1 is 1.25 bits per heavy atom. The lowest BCUT2D eigenvalue weighted by Gasteiger charge is -2.30. The topological polar surface area (TPSA) is 119 Å². The van der Waals surface area contributed by atoms with Gasteiger partial charge in [-0.05, 0) is 37.1 Å². The van der Waals surface area contributed by atoms with Crippen molar-refractivity contribution in [2.75, 3.05) is 45.7 Å². The van der Waals surface area contributed by atoms with Crippen LogP contribution >= 0.6 is 11.3 Å². The molecule has 0 saturated carbocycles. The zero-order valence-corrected chi connectivity index (χ0v) is 26.4. The molecule has 3 fully saturated rings. The van der Waals surface area contributed by atoms with Crippen LogP contribution in [0.25, 0.3) is 32.1 Å². The molecule has 0 amide bonds. The van der Waals surface area contributed by atoms with Crippen LogP contribution in [0.4, 0.5) is 31.3 Å². The van der Waals surface area contributed by atoms with Gasteiger partial charge in [0, 0.05) is 50.0 Å². The van der Waals surface area contributed by atoms with Crippen LogP contribution in [0.3, 0.4) is 0 Å². The summed E-state index contributed by atoms with van der Waals surface area (Å²) in [4.78, 5) is 10.6. The molecule has 2 aromatic heterocycles. The number of methoxy groups -OCH3 is 1. The van der Waals surface area contributed by atoms with Crippen molar-refractivity contribution < 1.29 is 40.6 Å². The van der Waals surface area contributed by atoms with Crippen molar-refractivity contribution in [3.8, 4) is 29.1 Å². The van der Waals surface area contributed by atoms with Gasteiger partial charge in [0.1, 0.15) is 41.3 Å². The number of alkyl halides is 4. The molecule has 7 rings (SSSR count). The van der Waals surface area contributed by atoms with Crippen LogP contribution in [-0.2, 0) is 10.9 Å². The molecule has 9 nitrogen and oxygen atoms in total. The van der Waals surface area contributed by atoms with E-state index < -0.39 is 52.3 Å². The number of anilines is 1. The van der Waals surface area contributed by atoms with Gasteiger partial charge >= 0.3 is 12.2 Å². The normalized spacial score (nSPS) is 24.4. The number of nitriles is 1. The Kier molecular flexibility index (Phi) is 8.30. The second-order valence-electron chi connectivity index (χ2n) is 12.5. The number of benzene rings is 2. The third-order valence-corrected chi connectivity index (χ3v) is 10.5. The average Bonchev–Trinajstić information content (AvgIpc) is 3.79. The number of hydrogen-bond acceptors (Lipinski definition) is 10. The maximum Gasteiger partial charge on any atom is 0.417 e. The maximum absolute atomic E-state index is 16.9. The van der Waals surface area contributed by atoms with Crippen LogP contribution in [0.5, 0.6) is 11.9 Å². The third-order valence-electron chi connectivity index (χ3n) is 9.44. The van der Waals surface area contributed by atoms with E-state index >= 15 is 4.39 Å². The highest BCUT2D eigenvalue weighted by Crippen LogP contribution is 2.48. The van der Waals surface area contributed by atoms with E-state index in [1.165, 1.54) is 7.11 Å². The first kappa shape index (κ1) is 32.6. The van der Waals surface area contributed by atoms with Gasteiger partial charge in [-0.15, -0.1) is 11.3 Å². The van der Waals surface area contributed by atoms with E-state index in [4.69, 9.17) is 19.9 Å². The van der Waals surface area contributed by atoms with Crippen molar-refractivity contribution in [2.45, 2.75) is 55.7 Å². The lowest BCUT2D eigenvalue weighted by Crippen LogP contribution is -2.43. The largest absolute Gasteiger partial charge is 0.472 e. The first-order chi connectivity index (χ1) is 22.9. The van der Waals surface area contributed by atoms with Gasteiger partial charge in [0.2, 0.25) is 5.88 Å². The summed E-state index contributed by atoms with van der Waals surface area (Å²) in [5, 5.41) is 12.3. The third kappa shape index (κ3) is 5.56. The van der Waals surface area contributed by atoms with Gasteiger partial charge in [-0.1, -0.05) is 6.07 Å². The molecule has 4 atom stereocenters. The second-order valence-corrected chi connectivity index (χ2v) is 13.5. The monoisotopic (exact) mass is 692 g/mol. The van der Waals surface area contributed by atoms with E-state index in [1.54, 1.807) is 0 Å². The quantitative estimate of drug-likeness (QED) is 0.215. The summed E-state index contributed by atoms with van der Waals surface area (Å²) < 4.78 is 108. The Morgan fingerprint density at radius 2 is 2.06 bits per heavy atom. The van der Waals surface area contributed by atoms with Gasteiger partial charge in [-0.2, -0.15) is 28.4 Å². The molecule has 48 heavy (non-hydrogen) atoms. The van der Waals surface area contributed by atoms with Crippen LogP contribution in [-0.4, -0.2) is 78.7 Å². The number of nitrogen functional groups attached to an aromatic ring is 1. The number of thiophene rings is 1. The molecule has 254 valence electrons. The van der Waals surface area contributed by atoms with Crippen LogP contribution in [0.1, 0.15) is 36.8 Å². The highest BCUT2D eigenvalue weighted by molar-refractivity contribution is 7.23. The number of hydrogen-bond donors (Lipinski definition) is 2. The molecule has 3 aliphatic heterocycles. The van der Waals surface area contributed by atoms with E-state index in [2.05, 4.69) is 15.3 Å². The minimum atomic E-state index is -5.11. The lowest BCUT2D eigenvalue weighted by atomic mass is 9.92. The Hall–Kier alpha value is -3.91. The molecule has 16 heteroatoms. The van der Waals surface area contributed by atoms with Crippen molar-refractivity contribution >= 4 is 37.3 Å². The highest BCUT2D eigenvalue weighted by Gasteiger charge is 2.49. The summed E-state index contributed by atoms with van der Waals surface area (Å²) in [6.45, 7) is 1.62. The van der Waals surface area contributed by atoms with Crippen LogP contribution in [0, 0.1) is 23.0 Å². The van der Waals surface area contributed by atoms with Gasteiger partial charge < -0.3 is 25.3 Å². The second kappa shape index (κ2) is 12.2.